The number of allylic oxidation sites excluding steroid dienone is 2. The lowest BCUT2D eigenvalue weighted by molar-refractivity contribution is -0.144. The molecule has 1 saturated carbocycles. The van der Waals surface area contributed by atoms with E-state index >= 15 is 0 Å². The standard InChI is InChI=1S/C21H12Cl6O5/c22-16-17(23)20(25)15(18(30)31)14(19(16,24)21(20,26)27)13-9-3-1-7(28)5-11(9)32-12-6-8(29)2-4-10(12)13/h1-6,13-15,28-29H,(H,30,31)/t14-,15-,19-,20-/m1/s1. The second-order valence-corrected chi connectivity index (χ2v) is 11.3. The van der Waals surface area contributed by atoms with Crippen molar-refractivity contribution < 1.29 is 24.9 Å². The summed E-state index contributed by atoms with van der Waals surface area (Å²) in [6, 6.07) is 8.77. The zero-order valence-electron chi connectivity index (χ0n) is 15.6. The lowest BCUT2D eigenvalue weighted by Gasteiger charge is -2.42. The van der Waals surface area contributed by atoms with Gasteiger partial charge in [-0.3, -0.25) is 4.79 Å². The molecule has 0 unspecified atom stereocenters. The molecule has 0 radical (unpaired) electrons. The summed E-state index contributed by atoms with van der Waals surface area (Å²) in [5.74, 6) is -4.30. The highest BCUT2D eigenvalue weighted by Gasteiger charge is 2.85. The first kappa shape index (κ1) is 22.6. The fourth-order valence-corrected chi connectivity index (χ4v) is 8.18. The number of aromatic hydroxyl groups is 2. The van der Waals surface area contributed by atoms with Crippen LogP contribution in [0.4, 0.5) is 0 Å². The first-order valence-corrected chi connectivity index (χ1v) is 11.5. The molecule has 0 spiro atoms. The van der Waals surface area contributed by atoms with Crippen LogP contribution in [0.5, 0.6) is 23.0 Å². The number of carboxylic acid groups (broad SMARTS) is 1. The van der Waals surface area contributed by atoms with Gasteiger partial charge in [0.2, 0.25) is 0 Å². The number of hydrogen-bond donors (Lipinski definition) is 3. The monoisotopic (exact) mass is 554 g/mol. The molecule has 32 heavy (non-hydrogen) atoms. The van der Waals surface area contributed by atoms with E-state index in [-0.39, 0.29) is 33.1 Å². The smallest absolute Gasteiger partial charge is 0.309 e. The van der Waals surface area contributed by atoms with Crippen molar-refractivity contribution in [3.05, 3.63) is 57.6 Å². The number of rotatable bonds is 2. The van der Waals surface area contributed by atoms with E-state index in [1.165, 1.54) is 24.3 Å². The van der Waals surface area contributed by atoms with E-state index in [0.29, 0.717) is 11.1 Å². The Bertz CT molecular complexity index is 1180. The molecule has 1 fully saturated rings. The van der Waals surface area contributed by atoms with E-state index in [4.69, 9.17) is 74.3 Å². The highest BCUT2D eigenvalue weighted by Crippen LogP contribution is 2.79. The number of halogens is 6. The lowest BCUT2D eigenvalue weighted by atomic mass is 9.68. The van der Waals surface area contributed by atoms with Crippen LogP contribution in [-0.2, 0) is 4.79 Å². The predicted octanol–water partition coefficient (Wildman–Crippen LogP) is 6.50. The maximum absolute atomic E-state index is 12.6. The number of ether oxygens (including phenoxy) is 1. The third kappa shape index (κ3) is 2.47. The number of carboxylic acids is 1. The van der Waals surface area contributed by atoms with Crippen molar-refractivity contribution in [1.82, 2.24) is 0 Å². The Kier molecular flexibility index (Phi) is 4.87. The minimum Gasteiger partial charge on any atom is -0.508 e. The molecule has 2 aromatic carbocycles. The van der Waals surface area contributed by atoms with Crippen LogP contribution in [0.3, 0.4) is 0 Å². The summed E-state index contributed by atoms with van der Waals surface area (Å²) in [6.45, 7) is 0. The maximum Gasteiger partial charge on any atom is 0.309 e. The Balaban J connectivity index is 1.85. The molecule has 4 atom stereocenters. The molecule has 2 aromatic rings. The van der Waals surface area contributed by atoms with Gasteiger partial charge in [-0.05, 0) is 12.1 Å². The lowest BCUT2D eigenvalue weighted by Crippen LogP contribution is -2.45. The fourth-order valence-electron chi connectivity index (χ4n) is 5.18. The second kappa shape index (κ2) is 6.91. The summed E-state index contributed by atoms with van der Waals surface area (Å²) in [6.07, 6.45) is 0. The van der Waals surface area contributed by atoms with Crippen molar-refractivity contribution in [2.24, 2.45) is 11.8 Å². The number of fused-ring (bicyclic) bond motifs is 4. The Morgan fingerprint density at radius 3 is 1.78 bits per heavy atom. The van der Waals surface area contributed by atoms with Crippen molar-refractivity contribution >= 4 is 75.6 Å². The molecule has 0 aromatic heterocycles. The van der Waals surface area contributed by atoms with Crippen molar-refractivity contribution in [2.45, 2.75) is 20.0 Å². The first-order valence-electron chi connectivity index (χ1n) is 9.25. The number of benzene rings is 2. The molecule has 2 aliphatic carbocycles. The molecule has 2 bridgehead atoms. The molecule has 1 heterocycles. The number of carbonyl (C=O) groups is 1. The third-order valence-electron chi connectivity index (χ3n) is 6.50. The van der Waals surface area contributed by atoms with E-state index < -0.39 is 37.8 Å². The Morgan fingerprint density at radius 1 is 0.844 bits per heavy atom. The van der Waals surface area contributed by atoms with Gasteiger partial charge in [0.1, 0.15) is 32.7 Å². The van der Waals surface area contributed by atoms with E-state index in [0.717, 1.165) is 0 Å². The summed E-state index contributed by atoms with van der Waals surface area (Å²) in [7, 11) is 0. The van der Waals surface area contributed by atoms with Gasteiger partial charge < -0.3 is 20.1 Å². The van der Waals surface area contributed by atoms with Crippen molar-refractivity contribution in [3.8, 4) is 23.0 Å². The van der Waals surface area contributed by atoms with Gasteiger partial charge in [0.25, 0.3) is 0 Å². The molecule has 5 rings (SSSR count). The number of aliphatic carboxylic acids is 1. The number of phenols is 2. The number of phenolic OH excluding ortho intramolecular Hbond substituents is 2. The molecule has 11 heteroatoms. The SMILES string of the molecule is O=C(O)[C@H]1[C@@H](C2c3ccc(O)cc3Oc3cc(O)ccc32)[C@@]2(Cl)C(Cl)=C(Cl)[C@@]1(Cl)C2(Cl)Cl. The summed E-state index contributed by atoms with van der Waals surface area (Å²) in [5, 5.41) is 29.9. The molecule has 3 N–H and O–H groups in total. The van der Waals surface area contributed by atoms with E-state index in [2.05, 4.69) is 0 Å². The topological polar surface area (TPSA) is 87.0 Å². The third-order valence-corrected chi connectivity index (χ3v) is 10.8. The Labute approximate surface area is 212 Å². The minimum atomic E-state index is -2.07. The van der Waals surface area contributed by atoms with Crippen LogP contribution in [0.25, 0.3) is 0 Å². The molecule has 3 aliphatic rings. The van der Waals surface area contributed by atoms with Gasteiger partial charge in [-0.15, -0.1) is 23.2 Å². The number of hydrogen-bond acceptors (Lipinski definition) is 4. The van der Waals surface area contributed by atoms with Crippen LogP contribution in [0.15, 0.2) is 46.5 Å². The summed E-state index contributed by atoms with van der Waals surface area (Å²) in [5.41, 5.74) is 1.02. The fraction of sp³-hybridized carbons (Fsp3) is 0.286. The van der Waals surface area contributed by atoms with Gasteiger partial charge in [0.15, 0.2) is 4.33 Å². The van der Waals surface area contributed by atoms with Crippen molar-refractivity contribution in [2.75, 3.05) is 0 Å². The average molecular weight is 557 g/mol. The first-order chi connectivity index (χ1) is 14.9. The summed E-state index contributed by atoms with van der Waals surface area (Å²) < 4.78 is 3.81. The summed E-state index contributed by atoms with van der Waals surface area (Å²) >= 11 is 40.1. The van der Waals surface area contributed by atoms with Crippen LogP contribution in [0.2, 0.25) is 0 Å². The minimum absolute atomic E-state index is 0.0757. The zero-order valence-corrected chi connectivity index (χ0v) is 20.2. The normalized spacial score (nSPS) is 32.4. The van der Waals surface area contributed by atoms with Crippen molar-refractivity contribution in [3.63, 3.8) is 0 Å². The van der Waals surface area contributed by atoms with Gasteiger partial charge in [0, 0.05) is 35.1 Å². The molecule has 1 aliphatic heterocycles. The molecule has 0 saturated heterocycles. The Hall–Kier alpha value is -1.21. The average Bonchev–Trinajstić information content (AvgIpc) is 2.92. The highest BCUT2D eigenvalue weighted by molar-refractivity contribution is 6.66. The van der Waals surface area contributed by atoms with Gasteiger partial charge in [-0.2, -0.15) is 0 Å². The second-order valence-electron chi connectivity index (χ2n) is 7.99. The van der Waals surface area contributed by atoms with Gasteiger partial charge >= 0.3 is 5.97 Å². The molecule has 168 valence electrons. The summed E-state index contributed by atoms with van der Waals surface area (Å²) in [4.78, 5) is 8.70. The molecule has 5 nitrogen and oxygen atoms in total. The molecule has 0 amide bonds. The van der Waals surface area contributed by atoms with Gasteiger partial charge in [-0.1, -0.05) is 58.5 Å². The number of alkyl halides is 4. The Morgan fingerprint density at radius 2 is 1.31 bits per heavy atom. The maximum atomic E-state index is 12.6. The van der Waals surface area contributed by atoms with E-state index in [1.807, 2.05) is 0 Å². The van der Waals surface area contributed by atoms with Crippen molar-refractivity contribution in [1.29, 1.82) is 0 Å². The van der Waals surface area contributed by atoms with E-state index in [1.54, 1.807) is 12.1 Å². The largest absolute Gasteiger partial charge is 0.508 e. The van der Waals surface area contributed by atoms with Crippen LogP contribution in [-0.4, -0.2) is 35.4 Å². The van der Waals surface area contributed by atoms with Gasteiger partial charge in [0.05, 0.1) is 16.0 Å². The van der Waals surface area contributed by atoms with Gasteiger partial charge in [-0.25, -0.2) is 0 Å². The quantitative estimate of drug-likeness (QED) is 0.368. The van der Waals surface area contributed by atoms with Crippen LogP contribution in [0.1, 0.15) is 17.0 Å². The predicted molar refractivity (Wildman–Crippen MR) is 123 cm³/mol. The molecular weight excluding hydrogens is 545 g/mol. The van der Waals surface area contributed by atoms with Crippen LogP contribution < -0.4 is 4.74 Å². The molecular formula is C21H12Cl6O5. The van der Waals surface area contributed by atoms with Crippen LogP contribution >= 0.6 is 69.6 Å². The zero-order chi connectivity index (χ0) is 23.4. The highest BCUT2D eigenvalue weighted by atomic mass is 35.5. The van der Waals surface area contributed by atoms with E-state index in [9.17, 15) is 20.1 Å². The van der Waals surface area contributed by atoms with Crippen LogP contribution in [0, 0.1) is 11.8 Å².